The molecule has 0 radical (unpaired) electrons. The van der Waals surface area contributed by atoms with Crippen LogP contribution < -0.4 is 10.1 Å². The number of methoxy groups -OCH3 is 1. The van der Waals surface area contributed by atoms with Crippen molar-refractivity contribution in [1.82, 2.24) is 4.98 Å². The van der Waals surface area contributed by atoms with Gasteiger partial charge in [-0.15, -0.1) is 0 Å². The van der Waals surface area contributed by atoms with Crippen molar-refractivity contribution in [1.29, 1.82) is 0 Å². The summed E-state index contributed by atoms with van der Waals surface area (Å²) in [5, 5.41) is 2.67. The summed E-state index contributed by atoms with van der Waals surface area (Å²) < 4.78 is 5.11. The minimum Gasteiger partial charge on any atom is -0.493 e. The minimum absolute atomic E-state index is 0.237. The van der Waals surface area contributed by atoms with Gasteiger partial charge in [-0.2, -0.15) is 0 Å². The number of amides is 1. The highest BCUT2D eigenvalue weighted by Gasteiger charge is 2.06. The molecule has 4 nitrogen and oxygen atoms in total. The van der Waals surface area contributed by atoms with Gasteiger partial charge in [0.15, 0.2) is 11.6 Å². The second-order valence-electron chi connectivity index (χ2n) is 3.38. The van der Waals surface area contributed by atoms with Crippen molar-refractivity contribution >= 4 is 11.7 Å². The van der Waals surface area contributed by atoms with E-state index in [0.717, 1.165) is 5.69 Å². The van der Waals surface area contributed by atoms with Gasteiger partial charge in [-0.25, -0.2) is 4.98 Å². The van der Waals surface area contributed by atoms with E-state index in [2.05, 4.69) is 10.3 Å². The maximum absolute atomic E-state index is 11.5. The first-order valence-corrected chi connectivity index (χ1v) is 5.29. The van der Waals surface area contributed by atoms with Crippen molar-refractivity contribution in [3.05, 3.63) is 42.1 Å². The molecule has 1 heterocycles. The molecule has 1 rings (SSSR count). The van der Waals surface area contributed by atoms with Crippen LogP contribution in [0.15, 0.2) is 36.4 Å². The molecule has 0 saturated carbocycles. The molecule has 1 N–H and O–H groups in total. The van der Waals surface area contributed by atoms with Gasteiger partial charge in [0.1, 0.15) is 0 Å². The van der Waals surface area contributed by atoms with Crippen LogP contribution in [-0.2, 0) is 4.79 Å². The van der Waals surface area contributed by atoms with E-state index < -0.39 is 0 Å². The van der Waals surface area contributed by atoms with E-state index in [1.165, 1.54) is 13.2 Å². The molecule has 0 spiro atoms. The number of allylic oxidation sites excluding steroid dienone is 3. The largest absolute Gasteiger partial charge is 0.493 e. The quantitative estimate of drug-likeness (QED) is 0.641. The molecule has 0 aliphatic rings. The lowest BCUT2D eigenvalue weighted by molar-refractivity contribution is -0.111. The molecule has 0 aliphatic carbocycles. The van der Waals surface area contributed by atoms with Crippen LogP contribution in [-0.4, -0.2) is 18.0 Å². The lowest BCUT2D eigenvalue weighted by Crippen LogP contribution is -2.10. The Balaban J connectivity index is 2.80. The highest BCUT2D eigenvalue weighted by molar-refractivity contribution is 5.99. The first-order chi connectivity index (χ1) is 8.17. The molecule has 1 aromatic heterocycles. The lowest BCUT2D eigenvalue weighted by Gasteiger charge is -2.08. The van der Waals surface area contributed by atoms with Crippen molar-refractivity contribution in [3.63, 3.8) is 0 Å². The van der Waals surface area contributed by atoms with Gasteiger partial charge in [0.05, 0.1) is 7.11 Å². The third kappa shape index (κ3) is 4.10. The Bertz CT molecular complexity index is 451. The standard InChI is InChI=1S/C13H16N2O2/c1-4-5-6-7-12(16)15-13-11(17-3)9-8-10(2)14-13/h4-9H,1-3H3,(H,14,15,16)/b5-4+,7-6+. The molecule has 0 saturated heterocycles. The fourth-order valence-electron chi connectivity index (χ4n) is 1.21. The van der Waals surface area contributed by atoms with Gasteiger partial charge in [0, 0.05) is 11.8 Å². The number of nitrogens with zero attached hydrogens (tertiary/aromatic N) is 1. The highest BCUT2D eigenvalue weighted by atomic mass is 16.5. The molecule has 1 aromatic rings. The van der Waals surface area contributed by atoms with Crippen molar-refractivity contribution in [2.24, 2.45) is 0 Å². The maximum atomic E-state index is 11.5. The summed E-state index contributed by atoms with van der Waals surface area (Å²) in [6.45, 7) is 3.73. The Labute approximate surface area is 101 Å². The minimum atomic E-state index is -0.237. The van der Waals surface area contributed by atoms with Gasteiger partial charge in [-0.05, 0) is 26.0 Å². The number of carbonyl (C=O) groups excluding carboxylic acids is 1. The fraction of sp³-hybridized carbons (Fsp3) is 0.231. The third-order valence-corrected chi connectivity index (χ3v) is 2.01. The van der Waals surface area contributed by atoms with Gasteiger partial charge in [0.25, 0.3) is 0 Å². The average Bonchev–Trinajstić information content (AvgIpc) is 2.29. The Morgan fingerprint density at radius 1 is 1.41 bits per heavy atom. The van der Waals surface area contributed by atoms with Crippen molar-refractivity contribution in [3.8, 4) is 5.75 Å². The van der Waals surface area contributed by atoms with E-state index in [1.807, 2.05) is 26.0 Å². The number of hydrogen-bond donors (Lipinski definition) is 1. The topological polar surface area (TPSA) is 51.2 Å². The number of aromatic nitrogens is 1. The second kappa shape index (κ2) is 6.48. The number of pyridine rings is 1. The van der Waals surface area contributed by atoms with Gasteiger partial charge >= 0.3 is 0 Å². The number of aryl methyl sites for hydroxylation is 1. The first kappa shape index (κ1) is 13.0. The Hall–Kier alpha value is -2.10. The number of hydrogen-bond acceptors (Lipinski definition) is 3. The van der Waals surface area contributed by atoms with Gasteiger partial charge < -0.3 is 10.1 Å². The Morgan fingerprint density at radius 2 is 2.18 bits per heavy atom. The fourth-order valence-corrected chi connectivity index (χ4v) is 1.21. The molecule has 0 aromatic carbocycles. The summed E-state index contributed by atoms with van der Waals surface area (Å²) in [7, 11) is 1.54. The number of ether oxygens (including phenoxy) is 1. The number of nitrogens with one attached hydrogen (secondary N) is 1. The molecule has 0 aliphatic heterocycles. The van der Waals surface area contributed by atoms with E-state index >= 15 is 0 Å². The van der Waals surface area contributed by atoms with E-state index in [9.17, 15) is 4.79 Å². The summed E-state index contributed by atoms with van der Waals surface area (Å²) in [4.78, 5) is 15.7. The Morgan fingerprint density at radius 3 is 2.82 bits per heavy atom. The van der Waals surface area contributed by atoms with E-state index in [0.29, 0.717) is 11.6 Å². The number of anilines is 1. The summed E-state index contributed by atoms with van der Waals surface area (Å²) in [6.07, 6.45) is 6.72. The molecular formula is C13H16N2O2. The molecule has 17 heavy (non-hydrogen) atoms. The SMILES string of the molecule is C/C=C/C=C/C(=O)Nc1nc(C)ccc1OC. The van der Waals surface area contributed by atoms with Gasteiger partial charge in [-0.3, -0.25) is 4.79 Å². The number of rotatable bonds is 4. The monoisotopic (exact) mass is 232 g/mol. The molecular weight excluding hydrogens is 216 g/mol. The molecule has 4 heteroatoms. The predicted octanol–water partition coefficient (Wildman–Crippen LogP) is 2.47. The van der Waals surface area contributed by atoms with Crippen LogP contribution >= 0.6 is 0 Å². The van der Waals surface area contributed by atoms with Crippen LogP contribution in [0.5, 0.6) is 5.75 Å². The zero-order valence-electron chi connectivity index (χ0n) is 10.2. The summed E-state index contributed by atoms with van der Waals surface area (Å²) in [6, 6.07) is 3.59. The summed E-state index contributed by atoms with van der Waals surface area (Å²) in [5.74, 6) is 0.741. The van der Waals surface area contributed by atoms with Crippen LogP contribution in [0.25, 0.3) is 0 Å². The average molecular weight is 232 g/mol. The van der Waals surface area contributed by atoms with Crippen LogP contribution in [0.1, 0.15) is 12.6 Å². The predicted molar refractivity (Wildman–Crippen MR) is 68.1 cm³/mol. The summed E-state index contributed by atoms with van der Waals surface area (Å²) in [5.41, 5.74) is 0.818. The first-order valence-electron chi connectivity index (χ1n) is 5.29. The van der Waals surface area contributed by atoms with E-state index in [4.69, 9.17) is 4.74 Å². The van der Waals surface area contributed by atoms with Crippen molar-refractivity contribution in [2.45, 2.75) is 13.8 Å². The zero-order chi connectivity index (χ0) is 12.7. The van der Waals surface area contributed by atoms with Crippen LogP contribution in [0, 0.1) is 6.92 Å². The Kier molecular flexibility index (Phi) is 4.94. The van der Waals surface area contributed by atoms with Crippen molar-refractivity contribution in [2.75, 3.05) is 12.4 Å². The van der Waals surface area contributed by atoms with Crippen LogP contribution in [0.3, 0.4) is 0 Å². The van der Waals surface area contributed by atoms with E-state index in [1.54, 1.807) is 18.2 Å². The normalized spacial score (nSPS) is 11.0. The third-order valence-electron chi connectivity index (χ3n) is 2.01. The number of carbonyl (C=O) groups is 1. The summed E-state index contributed by atoms with van der Waals surface area (Å²) >= 11 is 0. The molecule has 0 atom stereocenters. The second-order valence-corrected chi connectivity index (χ2v) is 3.38. The smallest absolute Gasteiger partial charge is 0.249 e. The molecule has 1 amide bonds. The molecule has 0 fully saturated rings. The highest BCUT2D eigenvalue weighted by Crippen LogP contribution is 2.21. The molecule has 90 valence electrons. The van der Waals surface area contributed by atoms with Crippen LogP contribution in [0.4, 0.5) is 5.82 Å². The van der Waals surface area contributed by atoms with Gasteiger partial charge in [0.2, 0.25) is 5.91 Å². The molecule has 0 bridgehead atoms. The van der Waals surface area contributed by atoms with Crippen molar-refractivity contribution < 1.29 is 9.53 Å². The van der Waals surface area contributed by atoms with Gasteiger partial charge in [-0.1, -0.05) is 18.2 Å². The molecule has 0 unspecified atom stereocenters. The zero-order valence-corrected chi connectivity index (χ0v) is 10.2. The maximum Gasteiger partial charge on any atom is 0.249 e. The van der Waals surface area contributed by atoms with Crippen LogP contribution in [0.2, 0.25) is 0 Å². The lowest BCUT2D eigenvalue weighted by atomic mass is 10.3. The van der Waals surface area contributed by atoms with E-state index in [-0.39, 0.29) is 5.91 Å².